The molecule has 1 aromatic rings. The maximum atomic E-state index is 13.4. The standard InChI is InChI=1S/C21H24FN5O2/c22-18-9-11(3-4-25-18)20(28)26-14-1-2-15(26)7-13(6-14)19(24)21(29)27-16(10-23)5-12-8-17(12)27/h3-4,9,12-17,19H,1-2,5-8,24H2/t12-,13?,14?,15?,16+,17+,19-/m0/s1. The molecule has 4 aliphatic rings. The van der Waals surface area contributed by atoms with E-state index in [9.17, 15) is 19.2 Å². The quantitative estimate of drug-likeness (QED) is 0.778. The summed E-state index contributed by atoms with van der Waals surface area (Å²) < 4.78 is 13.4. The van der Waals surface area contributed by atoms with Crippen LogP contribution in [0.5, 0.6) is 0 Å². The highest BCUT2D eigenvalue weighted by atomic mass is 19.1. The topological polar surface area (TPSA) is 103 Å². The second-order valence-corrected chi connectivity index (χ2v) is 8.91. The summed E-state index contributed by atoms with van der Waals surface area (Å²) in [5.41, 5.74) is 6.72. The lowest BCUT2D eigenvalue weighted by molar-refractivity contribution is -0.135. The smallest absolute Gasteiger partial charge is 0.254 e. The SMILES string of the molecule is N#C[C@H]1C[C@H]2C[C@H]2N1C(=O)[C@@H](N)C1CC2CCC(C1)N2C(=O)c1ccnc(F)c1. The van der Waals surface area contributed by atoms with E-state index >= 15 is 0 Å². The molecule has 1 saturated carbocycles. The average Bonchev–Trinajstić information content (AvgIpc) is 3.31. The number of likely N-dealkylation sites (tertiary alicyclic amines) is 1. The minimum Gasteiger partial charge on any atom is -0.333 e. The number of fused-ring (bicyclic) bond motifs is 3. The molecule has 2 unspecified atom stereocenters. The van der Waals surface area contributed by atoms with Gasteiger partial charge < -0.3 is 15.5 Å². The van der Waals surface area contributed by atoms with Crippen LogP contribution in [0.2, 0.25) is 0 Å². The van der Waals surface area contributed by atoms with E-state index in [0.29, 0.717) is 24.3 Å². The number of halogens is 1. The number of carbonyl (C=O) groups is 2. The molecule has 4 fully saturated rings. The Bertz CT molecular complexity index is 887. The summed E-state index contributed by atoms with van der Waals surface area (Å²) >= 11 is 0. The van der Waals surface area contributed by atoms with Gasteiger partial charge in [0.05, 0.1) is 12.1 Å². The number of aromatic nitrogens is 1. The van der Waals surface area contributed by atoms with E-state index in [4.69, 9.17) is 5.73 Å². The van der Waals surface area contributed by atoms with Gasteiger partial charge in [-0.25, -0.2) is 4.98 Å². The van der Waals surface area contributed by atoms with Crippen molar-refractivity contribution in [2.45, 2.75) is 68.7 Å². The van der Waals surface area contributed by atoms with Gasteiger partial charge in [0.1, 0.15) is 6.04 Å². The van der Waals surface area contributed by atoms with Crippen molar-refractivity contribution in [3.63, 3.8) is 0 Å². The van der Waals surface area contributed by atoms with Crippen LogP contribution in [0.25, 0.3) is 0 Å². The molecule has 2 amide bonds. The third-order valence-corrected chi connectivity index (χ3v) is 7.28. The van der Waals surface area contributed by atoms with Crippen molar-refractivity contribution in [1.82, 2.24) is 14.8 Å². The second-order valence-electron chi connectivity index (χ2n) is 8.91. The van der Waals surface area contributed by atoms with Crippen LogP contribution >= 0.6 is 0 Å². The monoisotopic (exact) mass is 397 g/mol. The van der Waals surface area contributed by atoms with Gasteiger partial charge >= 0.3 is 0 Å². The summed E-state index contributed by atoms with van der Waals surface area (Å²) in [5.74, 6) is -0.492. The summed E-state index contributed by atoms with van der Waals surface area (Å²) in [7, 11) is 0. The number of rotatable bonds is 3. The van der Waals surface area contributed by atoms with Crippen molar-refractivity contribution in [3.8, 4) is 6.07 Å². The van der Waals surface area contributed by atoms with Gasteiger partial charge in [0.15, 0.2) is 0 Å². The van der Waals surface area contributed by atoms with Crippen molar-refractivity contribution in [3.05, 3.63) is 29.8 Å². The number of nitriles is 1. The summed E-state index contributed by atoms with van der Waals surface area (Å²) in [5, 5.41) is 9.37. The summed E-state index contributed by atoms with van der Waals surface area (Å²) in [6, 6.07) is 4.19. The fraction of sp³-hybridized carbons (Fsp3) is 0.619. The van der Waals surface area contributed by atoms with Crippen LogP contribution in [-0.2, 0) is 4.79 Å². The Balaban J connectivity index is 1.29. The van der Waals surface area contributed by atoms with Crippen LogP contribution in [0.3, 0.4) is 0 Å². The molecule has 2 N–H and O–H groups in total. The maximum Gasteiger partial charge on any atom is 0.254 e. The first-order valence-corrected chi connectivity index (χ1v) is 10.4. The second kappa shape index (κ2) is 6.77. The lowest BCUT2D eigenvalue weighted by Crippen LogP contribution is -2.55. The van der Waals surface area contributed by atoms with E-state index < -0.39 is 12.0 Å². The van der Waals surface area contributed by atoms with Crippen LogP contribution in [0, 0.1) is 29.1 Å². The molecule has 1 aliphatic carbocycles. The molecule has 152 valence electrons. The van der Waals surface area contributed by atoms with Crippen LogP contribution in [0.4, 0.5) is 4.39 Å². The Morgan fingerprint density at radius 1 is 1.21 bits per heavy atom. The van der Waals surface area contributed by atoms with Crippen molar-refractivity contribution in [2.75, 3.05) is 0 Å². The van der Waals surface area contributed by atoms with Crippen molar-refractivity contribution in [2.24, 2.45) is 17.6 Å². The Labute approximate surface area is 168 Å². The third kappa shape index (κ3) is 2.99. The molecular weight excluding hydrogens is 373 g/mol. The molecule has 0 radical (unpaired) electrons. The van der Waals surface area contributed by atoms with E-state index in [2.05, 4.69) is 11.1 Å². The summed E-state index contributed by atoms with van der Waals surface area (Å²) in [4.78, 5) is 33.1. The van der Waals surface area contributed by atoms with Crippen LogP contribution in [0.15, 0.2) is 18.3 Å². The predicted molar refractivity (Wildman–Crippen MR) is 101 cm³/mol. The first kappa shape index (κ1) is 18.5. The zero-order chi connectivity index (χ0) is 20.3. The molecule has 0 aromatic carbocycles. The fourth-order valence-electron chi connectivity index (χ4n) is 5.79. The molecular formula is C21H24FN5O2. The molecule has 8 heteroatoms. The first-order chi connectivity index (χ1) is 14.0. The van der Waals surface area contributed by atoms with Crippen LogP contribution in [-0.4, -0.2) is 56.8 Å². The molecule has 6 atom stereocenters. The summed E-state index contributed by atoms with van der Waals surface area (Å²) in [6.07, 6.45) is 6.13. The highest BCUT2D eigenvalue weighted by Gasteiger charge is 2.56. The zero-order valence-electron chi connectivity index (χ0n) is 16.1. The van der Waals surface area contributed by atoms with E-state index in [-0.39, 0.29) is 41.9 Å². The van der Waals surface area contributed by atoms with Gasteiger partial charge in [0, 0.05) is 36.0 Å². The molecule has 7 nitrogen and oxygen atoms in total. The van der Waals surface area contributed by atoms with Gasteiger partial charge in [-0.05, 0) is 56.4 Å². The number of pyridine rings is 1. The molecule has 1 aromatic heterocycles. The predicted octanol–water partition coefficient (Wildman–Crippen LogP) is 1.44. The third-order valence-electron chi connectivity index (χ3n) is 7.28. The number of carbonyl (C=O) groups excluding carboxylic acids is 2. The Morgan fingerprint density at radius 3 is 2.59 bits per heavy atom. The number of hydrogen-bond donors (Lipinski definition) is 1. The van der Waals surface area contributed by atoms with Gasteiger partial charge in [-0.1, -0.05) is 0 Å². The van der Waals surface area contributed by atoms with Gasteiger partial charge in [0.25, 0.3) is 5.91 Å². The lowest BCUT2D eigenvalue weighted by atomic mass is 9.84. The molecule has 4 heterocycles. The van der Waals surface area contributed by atoms with Gasteiger partial charge in [-0.2, -0.15) is 9.65 Å². The molecule has 5 rings (SSSR count). The minimum absolute atomic E-state index is 0.00429. The molecule has 3 saturated heterocycles. The zero-order valence-corrected chi connectivity index (χ0v) is 16.1. The van der Waals surface area contributed by atoms with E-state index in [1.807, 2.05) is 4.90 Å². The summed E-state index contributed by atoms with van der Waals surface area (Å²) in [6.45, 7) is 0. The number of nitrogens with two attached hydrogens (primary N) is 1. The first-order valence-electron chi connectivity index (χ1n) is 10.4. The highest BCUT2D eigenvalue weighted by Crippen LogP contribution is 2.48. The highest BCUT2D eigenvalue weighted by molar-refractivity contribution is 5.95. The van der Waals surface area contributed by atoms with Gasteiger partial charge in [-0.3, -0.25) is 9.59 Å². The number of hydrogen-bond acceptors (Lipinski definition) is 5. The number of nitrogens with zero attached hydrogens (tertiary/aromatic N) is 4. The van der Waals surface area contributed by atoms with E-state index in [0.717, 1.165) is 25.7 Å². The van der Waals surface area contributed by atoms with Crippen molar-refractivity contribution < 1.29 is 14.0 Å². The van der Waals surface area contributed by atoms with E-state index in [1.54, 1.807) is 4.90 Å². The van der Waals surface area contributed by atoms with Gasteiger partial charge in [0.2, 0.25) is 11.9 Å². The molecule has 2 bridgehead atoms. The normalized spacial score (nSPS) is 35.8. The van der Waals surface area contributed by atoms with Crippen molar-refractivity contribution >= 4 is 11.8 Å². The van der Waals surface area contributed by atoms with Crippen molar-refractivity contribution in [1.29, 1.82) is 5.26 Å². The maximum absolute atomic E-state index is 13.4. The number of amides is 2. The fourth-order valence-corrected chi connectivity index (χ4v) is 5.79. The minimum atomic E-state index is -0.665. The Morgan fingerprint density at radius 2 is 1.93 bits per heavy atom. The van der Waals surface area contributed by atoms with Crippen LogP contribution < -0.4 is 5.73 Å². The average molecular weight is 397 g/mol. The largest absolute Gasteiger partial charge is 0.333 e. The number of piperidine rings is 2. The molecule has 3 aliphatic heterocycles. The Hall–Kier alpha value is -2.53. The van der Waals surface area contributed by atoms with Gasteiger partial charge in [-0.15, -0.1) is 0 Å². The van der Waals surface area contributed by atoms with Crippen LogP contribution in [0.1, 0.15) is 48.9 Å². The molecule has 0 spiro atoms. The van der Waals surface area contributed by atoms with E-state index in [1.165, 1.54) is 18.3 Å². The lowest BCUT2D eigenvalue weighted by Gasteiger charge is -2.41. The molecule has 29 heavy (non-hydrogen) atoms. The Kier molecular flexibility index (Phi) is 4.32.